The molecule has 0 aromatic rings. The van der Waals surface area contributed by atoms with Crippen LogP contribution in [0.25, 0.3) is 0 Å². The van der Waals surface area contributed by atoms with E-state index in [-0.39, 0.29) is 0 Å². The van der Waals surface area contributed by atoms with E-state index in [1.165, 1.54) is 44.9 Å². The van der Waals surface area contributed by atoms with Gasteiger partial charge in [-0.15, -0.1) is 0 Å². The van der Waals surface area contributed by atoms with Crippen molar-refractivity contribution in [1.82, 2.24) is 0 Å². The van der Waals surface area contributed by atoms with Crippen LogP contribution in [-0.2, 0) is 4.18 Å². The Labute approximate surface area is 82.5 Å². The van der Waals surface area contributed by atoms with E-state index >= 15 is 0 Å². The lowest BCUT2D eigenvalue weighted by Gasteiger charge is -2.12. The van der Waals surface area contributed by atoms with E-state index in [2.05, 4.69) is 26.8 Å². The van der Waals surface area contributed by atoms with E-state index in [9.17, 15) is 0 Å². The van der Waals surface area contributed by atoms with E-state index in [4.69, 9.17) is 4.18 Å². The summed E-state index contributed by atoms with van der Waals surface area (Å²) in [7, 11) is 0. The topological polar surface area (TPSA) is 9.23 Å². The molecule has 0 rings (SSSR count). The second-order valence-corrected chi connectivity index (χ2v) is 3.58. The molecule has 0 saturated carbocycles. The molecular formula is C10H22OS. The standard InChI is InChI=1S/C10H22OS/c1-3-5-7-9-10(11-12)8-6-4-2/h10,12H,3-9H2,1-2H3. The van der Waals surface area contributed by atoms with Crippen molar-refractivity contribution in [3.05, 3.63) is 0 Å². The van der Waals surface area contributed by atoms with Gasteiger partial charge in [-0.3, -0.25) is 0 Å². The van der Waals surface area contributed by atoms with E-state index in [0.717, 1.165) is 0 Å². The van der Waals surface area contributed by atoms with Crippen LogP contribution in [0.1, 0.15) is 58.8 Å². The van der Waals surface area contributed by atoms with Crippen LogP contribution < -0.4 is 0 Å². The predicted molar refractivity (Wildman–Crippen MR) is 57.5 cm³/mol. The zero-order chi connectivity index (χ0) is 9.23. The third-order valence-electron chi connectivity index (χ3n) is 2.16. The molecule has 1 unspecified atom stereocenters. The Kier molecular flexibility index (Phi) is 9.64. The number of rotatable bonds is 8. The molecule has 2 heteroatoms. The van der Waals surface area contributed by atoms with Crippen molar-refractivity contribution in [3.8, 4) is 0 Å². The van der Waals surface area contributed by atoms with Crippen LogP contribution in [-0.4, -0.2) is 6.10 Å². The Balaban J connectivity index is 3.26. The summed E-state index contributed by atoms with van der Waals surface area (Å²) in [6.45, 7) is 4.43. The minimum Gasteiger partial charge on any atom is -0.315 e. The van der Waals surface area contributed by atoms with Gasteiger partial charge in [0.05, 0.1) is 6.10 Å². The normalized spacial score (nSPS) is 13.2. The third kappa shape index (κ3) is 6.99. The quantitative estimate of drug-likeness (QED) is 0.346. The van der Waals surface area contributed by atoms with Crippen molar-refractivity contribution < 1.29 is 4.18 Å². The third-order valence-corrected chi connectivity index (χ3v) is 2.46. The van der Waals surface area contributed by atoms with E-state index in [1.54, 1.807) is 0 Å². The number of hydrogen-bond donors (Lipinski definition) is 1. The predicted octanol–water partition coefficient (Wildman–Crippen LogP) is 3.99. The summed E-state index contributed by atoms with van der Waals surface area (Å²) < 4.78 is 5.09. The van der Waals surface area contributed by atoms with Crippen molar-refractivity contribution in [3.63, 3.8) is 0 Å². The second-order valence-electron chi connectivity index (χ2n) is 3.37. The SMILES string of the molecule is CCCCCC(CCCC)OS. The Morgan fingerprint density at radius 3 is 2.08 bits per heavy atom. The molecule has 1 nitrogen and oxygen atoms in total. The van der Waals surface area contributed by atoms with Crippen LogP contribution in [0.3, 0.4) is 0 Å². The number of thiol groups is 1. The van der Waals surface area contributed by atoms with Crippen LogP contribution in [0.4, 0.5) is 0 Å². The number of hydrogen-bond acceptors (Lipinski definition) is 2. The summed E-state index contributed by atoms with van der Waals surface area (Å²) in [5.41, 5.74) is 0. The molecule has 0 amide bonds. The maximum atomic E-state index is 5.09. The first-order valence-electron chi connectivity index (χ1n) is 5.15. The van der Waals surface area contributed by atoms with Gasteiger partial charge in [-0.05, 0) is 25.8 Å². The smallest absolute Gasteiger partial charge is 0.0719 e. The van der Waals surface area contributed by atoms with Crippen LogP contribution in [0, 0.1) is 0 Å². The summed E-state index contributed by atoms with van der Waals surface area (Å²) in [5, 5.41) is 0. The highest BCUT2D eigenvalue weighted by Gasteiger charge is 2.05. The highest BCUT2D eigenvalue weighted by atomic mass is 32.1. The Morgan fingerprint density at radius 1 is 1.00 bits per heavy atom. The summed E-state index contributed by atoms with van der Waals surface area (Å²) in [6, 6.07) is 0. The summed E-state index contributed by atoms with van der Waals surface area (Å²) in [4.78, 5) is 0. The van der Waals surface area contributed by atoms with E-state index in [0.29, 0.717) is 6.10 Å². The first-order chi connectivity index (χ1) is 5.85. The van der Waals surface area contributed by atoms with Crippen LogP contribution in [0.15, 0.2) is 0 Å². The lowest BCUT2D eigenvalue weighted by Crippen LogP contribution is -2.07. The Bertz CT molecular complexity index is 85.9. The molecule has 0 spiro atoms. The fourth-order valence-corrected chi connectivity index (χ4v) is 1.51. The lowest BCUT2D eigenvalue weighted by atomic mass is 10.1. The number of unbranched alkanes of at least 4 members (excludes halogenated alkanes) is 3. The minimum absolute atomic E-state index is 0.389. The first-order valence-corrected chi connectivity index (χ1v) is 5.51. The minimum atomic E-state index is 0.389. The molecule has 0 fully saturated rings. The van der Waals surface area contributed by atoms with Crippen LogP contribution in [0.2, 0.25) is 0 Å². The second kappa shape index (κ2) is 9.40. The average Bonchev–Trinajstić information content (AvgIpc) is 2.11. The van der Waals surface area contributed by atoms with Gasteiger partial charge >= 0.3 is 0 Å². The molecule has 1 atom stereocenters. The van der Waals surface area contributed by atoms with Crippen molar-refractivity contribution in [2.75, 3.05) is 0 Å². The van der Waals surface area contributed by atoms with Crippen LogP contribution in [0.5, 0.6) is 0 Å². The molecule has 0 saturated heterocycles. The van der Waals surface area contributed by atoms with Gasteiger partial charge in [0.2, 0.25) is 0 Å². The monoisotopic (exact) mass is 190 g/mol. The fourth-order valence-electron chi connectivity index (χ4n) is 1.30. The van der Waals surface area contributed by atoms with Crippen molar-refractivity contribution >= 4 is 12.9 Å². The molecule has 0 aliphatic carbocycles. The largest absolute Gasteiger partial charge is 0.315 e. The molecule has 0 radical (unpaired) electrons. The van der Waals surface area contributed by atoms with Gasteiger partial charge in [-0.25, -0.2) is 0 Å². The molecular weight excluding hydrogens is 168 g/mol. The molecule has 0 bridgehead atoms. The summed E-state index contributed by atoms with van der Waals surface area (Å²) in [5.74, 6) is 0. The van der Waals surface area contributed by atoms with Gasteiger partial charge in [-0.2, -0.15) is 0 Å². The molecule has 74 valence electrons. The molecule has 0 aromatic carbocycles. The lowest BCUT2D eigenvalue weighted by molar-refractivity contribution is 0.212. The van der Waals surface area contributed by atoms with E-state index < -0.39 is 0 Å². The van der Waals surface area contributed by atoms with Gasteiger partial charge in [-0.1, -0.05) is 46.0 Å². The average molecular weight is 190 g/mol. The zero-order valence-corrected chi connectivity index (χ0v) is 9.28. The van der Waals surface area contributed by atoms with Gasteiger partial charge in [0, 0.05) is 0 Å². The fraction of sp³-hybridized carbons (Fsp3) is 1.00. The van der Waals surface area contributed by atoms with Gasteiger partial charge in [0.25, 0.3) is 0 Å². The van der Waals surface area contributed by atoms with E-state index in [1.807, 2.05) is 0 Å². The highest BCUT2D eigenvalue weighted by molar-refractivity contribution is 7.75. The maximum Gasteiger partial charge on any atom is 0.0719 e. The van der Waals surface area contributed by atoms with Gasteiger partial charge < -0.3 is 4.18 Å². The van der Waals surface area contributed by atoms with Gasteiger partial charge in [0.15, 0.2) is 0 Å². The summed E-state index contributed by atoms with van der Waals surface area (Å²) >= 11 is 3.89. The van der Waals surface area contributed by atoms with Crippen molar-refractivity contribution in [2.24, 2.45) is 0 Å². The van der Waals surface area contributed by atoms with Crippen molar-refractivity contribution in [1.29, 1.82) is 0 Å². The molecule has 0 N–H and O–H groups in total. The molecule has 0 heterocycles. The molecule has 12 heavy (non-hydrogen) atoms. The molecule has 0 aliphatic heterocycles. The Morgan fingerprint density at radius 2 is 1.58 bits per heavy atom. The first kappa shape index (κ1) is 12.3. The zero-order valence-electron chi connectivity index (χ0n) is 8.38. The van der Waals surface area contributed by atoms with Gasteiger partial charge in [0.1, 0.15) is 0 Å². The molecule has 0 aliphatic rings. The summed E-state index contributed by atoms with van der Waals surface area (Å²) in [6.07, 6.45) is 9.14. The maximum absolute atomic E-state index is 5.09. The highest BCUT2D eigenvalue weighted by Crippen LogP contribution is 2.14. The van der Waals surface area contributed by atoms with Crippen molar-refractivity contribution in [2.45, 2.75) is 64.9 Å². The molecule has 0 aromatic heterocycles. The van der Waals surface area contributed by atoms with Crippen LogP contribution >= 0.6 is 12.9 Å². The Hall–Kier alpha value is 0.310.